The minimum absolute atomic E-state index is 0.595. The van der Waals surface area contributed by atoms with Crippen molar-refractivity contribution in [2.24, 2.45) is 0 Å². The van der Waals surface area contributed by atoms with Crippen molar-refractivity contribution >= 4 is 21.5 Å². The summed E-state index contributed by atoms with van der Waals surface area (Å²) >= 11 is 0. The van der Waals surface area contributed by atoms with Gasteiger partial charge in [0.2, 0.25) is 9.84 Å². The van der Waals surface area contributed by atoms with Gasteiger partial charge in [0.15, 0.2) is 4.75 Å². The molecule has 1 aromatic carbocycles. The highest BCUT2D eigenvalue weighted by Gasteiger charge is 2.45. The van der Waals surface area contributed by atoms with Gasteiger partial charge in [-0.25, -0.2) is 8.42 Å². The van der Waals surface area contributed by atoms with E-state index in [1.54, 1.807) is 0 Å². The minimum atomic E-state index is -4.35. The topological polar surface area (TPSA) is 115 Å². The van der Waals surface area contributed by atoms with Gasteiger partial charge >= 0.3 is 5.97 Å². The Balaban J connectivity index is 3.58. The summed E-state index contributed by atoms with van der Waals surface area (Å²) in [4.78, 5) is 20.3. The SMILES string of the molecule is CC(C)(C(=O)O)S(=O)(=O)c1ccccc1[N+](=O)[O-]. The first-order valence-electron chi connectivity index (χ1n) is 4.84. The lowest BCUT2D eigenvalue weighted by molar-refractivity contribution is -0.387. The first-order valence-corrected chi connectivity index (χ1v) is 6.32. The molecule has 8 heteroatoms. The van der Waals surface area contributed by atoms with Gasteiger partial charge in [0.05, 0.1) is 4.92 Å². The van der Waals surface area contributed by atoms with E-state index >= 15 is 0 Å². The van der Waals surface area contributed by atoms with Crippen molar-refractivity contribution in [1.29, 1.82) is 0 Å². The monoisotopic (exact) mass is 273 g/mol. The third-order valence-corrected chi connectivity index (χ3v) is 4.98. The van der Waals surface area contributed by atoms with Crippen molar-refractivity contribution in [2.45, 2.75) is 23.5 Å². The molecule has 0 bridgehead atoms. The molecule has 0 aliphatic rings. The summed E-state index contributed by atoms with van der Waals surface area (Å²) in [7, 11) is -4.35. The zero-order valence-corrected chi connectivity index (χ0v) is 10.5. The standard InChI is InChI=1S/C10H11NO6S/c1-10(2,9(12)13)18(16,17)8-6-4-3-5-7(8)11(14)15/h3-6H,1-2H3,(H,12,13). The Morgan fingerprint density at radius 1 is 1.33 bits per heavy atom. The van der Waals surface area contributed by atoms with E-state index in [-0.39, 0.29) is 0 Å². The van der Waals surface area contributed by atoms with Gasteiger partial charge in [0.25, 0.3) is 5.69 Å². The average Bonchev–Trinajstić information content (AvgIpc) is 2.28. The van der Waals surface area contributed by atoms with Crippen LogP contribution in [0, 0.1) is 10.1 Å². The fourth-order valence-corrected chi connectivity index (χ4v) is 2.68. The summed E-state index contributed by atoms with van der Waals surface area (Å²) in [5.74, 6) is -1.57. The summed E-state index contributed by atoms with van der Waals surface area (Å²) in [6.45, 7) is 1.97. The number of hydrogen-bond donors (Lipinski definition) is 1. The van der Waals surface area contributed by atoms with E-state index in [0.29, 0.717) is 0 Å². The molecule has 0 radical (unpaired) electrons. The van der Waals surface area contributed by atoms with Crippen LogP contribution in [-0.4, -0.2) is 29.2 Å². The second-order valence-corrected chi connectivity index (χ2v) is 6.51. The van der Waals surface area contributed by atoms with Crippen LogP contribution in [0.3, 0.4) is 0 Å². The Kier molecular flexibility index (Phi) is 3.43. The maximum atomic E-state index is 12.1. The zero-order valence-electron chi connectivity index (χ0n) is 9.65. The van der Waals surface area contributed by atoms with Crippen LogP contribution in [0.5, 0.6) is 0 Å². The molecule has 0 heterocycles. The number of sulfone groups is 1. The van der Waals surface area contributed by atoms with E-state index in [9.17, 15) is 23.3 Å². The third kappa shape index (κ3) is 2.06. The number of carbonyl (C=O) groups is 1. The Morgan fingerprint density at radius 2 is 1.83 bits per heavy atom. The Hall–Kier alpha value is -1.96. The smallest absolute Gasteiger partial charge is 0.324 e. The summed E-state index contributed by atoms with van der Waals surface area (Å²) in [6.07, 6.45) is 0. The molecule has 0 fully saturated rings. The lowest BCUT2D eigenvalue weighted by Crippen LogP contribution is -2.40. The molecule has 0 unspecified atom stereocenters. The Labute approximate surface area is 103 Å². The number of hydrogen-bond acceptors (Lipinski definition) is 5. The zero-order chi connectivity index (χ0) is 14.1. The maximum Gasteiger partial charge on any atom is 0.324 e. The molecule has 0 saturated carbocycles. The largest absolute Gasteiger partial charge is 0.480 e. The molecule has 1 aromatic rings. The second kappa shape index (κ2) is 4.37. The van der Waals surface area contributed by atoms with E-state index in [1.807, 2.05) is 0 Å². The number of nitro groups is 1. The third-order valence-electron chi connectivity index (χ3n) is 2.54. The molecule has 0 aliphatic carbocycles. The van der Waals surface area contributed by atoms with Crippen LogP contribution in [0.4, 0.5) is 5.69 Å². The van der Waals surface area contributed by atoms with Gasteiger partial charge in [-0.15, -0.1) is 0 Å². The molecule has 98 valence electrons. The highest BCUT2D eigenvalue weighted by Crippen LogP contribution is 2.31. The Bertz CT molecular complexity index is 605. The van der Waals surface area contributed by atoms with Crippen molar-refractivity contribution < 1.29 is 23.2 Å². The van der Waals surface area contributed by atoms with Gasteiger partial charge in [-0.1, -0.05) is 12.1 Å². The molecule has 0 aliphatic heterocycles. The molecular weight excluding hydrogens is 262 g/mol. The molecule has 7 nitrogen and oxygen atoms in total. The van der Waals surface area contributed by atoms with Gasteiger partial charge in [-0.05, 0) is 19.9 Å². The predicted molar refractivity (Wildman–Crippen MR) is 62.0 cm³/mol. The van der Waals surface area contributed by atoms with Gasteiger partial charge in [-0.2, -0.15) is 0 Å². The minimum Gasteiger partial charge on any atom is -0.480 e. The number of carboxylic acids is 1. The van der Waals surface area contributed by atoms with Crippen LogP contribution in [-0.2, 0) is 14.6 Å². The normalized spacial score (nSPS) is 12.1. The number of benzene rings is 1. The van der Waals surface area contributed by atoms with Crippen molar-refractivity contribution in [3.05, 3.63) is 34.4 Å². The number of aliphatic carboxylic acids is 1. The van der Waals surface area contributed by atoms with E-state index in [4.69, 9.17) is 5.11 Å². The van der Waals surface area contributed by atoms with Crippen LogP contribution < -0.4 is 0 Å². The molecule has 0 aromatic heterocycles. The molecule has 0 spiro atoms. The van der Waals surface area contributed by atoms with Crippen molar-refractivity contribution in [3.63, 3.8) is 0 Å². The van der Waals surface area contributed by atoms with E-state index < -0.39 is 36.1 Å². The Morgan fingerprint density at radius 3 is 2.28 bits per heavy atom. The average molecular weight is 273 g/mol. The first kappa shape index (κ1) is 14.1. The number of carboxylic acid groups (broad SMARTS) is 1. The molecule has 1 N–H and O–H groups in total. The molecule has 0 saturated heterocycles. The van der Waals surface area contributed by atoms with Gasteiger partial charge in [0.1, 0.15) is 4.90 Å². The number of rotatable bonds is 4. The van der Waals surface area contributed by atoms with Gasteiger partial charge < -0.3 is 5.11 Å². The van der Waals surface area contributed by atoms with Crippen molar-refractivity contribution in [1.82, 2.24) is 0 Å². The second-order valence-electron chi connectivity index (χ2n) is 4.04. The van der Waals surface area contributed by atoms with Crippen LogP contribution in [0.1, 0.15) is 13.8 Å². The summed E-state index contributed by atoms with van der Waals surface area (Å²) < 4.78 is 22.1. The van der Waals surface area contributed by atoms with Crippen LogP contribution in [0.15, 0.2) is 29.2 Å². The lowest BCUT2D eigenvalue weighted by Gasteiger charge is -2.19. The van der Waals surface area contributed by atoms with Crippen molar-refractivity contribution in [3.8, 4) is 0 Å². The number of nitrogens with zero attached hydrogens (tertiary/aromatic N) is 1. The quantitative estimate of drug-likeness (QED) is 0.651. The first-order chi connectivity index (χ1) is 8.12. The van der Waals surface area contributed by atoms with Crippen LogP contribution >= 0.6 is 0 Å². The molecule has 0 amide bonds. The lowest BCUT2D eigenvalue weighted by atomic mass is 10.2. The highest BCUT2D eigenvalue weighted by molar-refractivity contribution is 7.93. The fourth-order valence-electron chi connectivity index (χ4n) is 1.23. The fraction of sp³-hybridized carbons (Fsp3) is 0.300. The maximum absolute atomic E-state index is 12.1. The van der Waals surface area contributed by atoms with E-state index in [2.05, 4.69) is 0 Å². The van der Waals surface area contributed by atoms with Crippen LogP contribution in [0.2, 0.25) is 0 Å². The molecule has 1 rings (SSSR count). The molecule has 18 heavy (non-hydrogen) atoms. The van der Waals surface area contributed by atoms with Crippen LogP contribution in [0.25, 0.3) is 0 Å². The summed E-state index contributed by atoms with van der Waals surface area (Å²) in [6, 6.07) is 4.66. The van der Waals surface area contributed by atoms with Crippen molar-refractivity contribution in [2.75, 3.05) is 0 Å². The summed E-state index contributed by atoms with van der Waals surface area (Å²) in [5.41, 5.74) is -0.633. The number of nitro benzene ring substituents is 1. The predicted octanol–water partition coefficient (Wildman–Crippen LogP) is 1.23. The summed E-state index contributed by atoms with van der Waals surface area (Å²) in [5, 5.41) is 19.7. The van der Waals surface area contributed by atoms with Gasteiger partial charge in [0, 0.05) is 6.07 Å². The number of para-hydroxylation sites is 1. The van der Waals surface area contributed by atoms with E-state index in [1.165, 1.54) is 12.1 Å². The molecule has 0 atom stereocenters. The van der Waals surface area contributed by atoms with E-state index in [0.717, 1.165) is 26.0 Å². The van der Waals surface area contributed by atoms with Gasteiger partial charge in [-0.3, -0.25) is 14.9 Å². The molecular formula is C10H11NO6S. The highest BCUT2D eigenvalue weighted by atomic mass is 32.2.